The lowest BCUT2D eigenvalue weighted by Gasteiger charge is -2.35. The maximum absolute atomic E-state index is 13.7. The number of carbonyl (C=O) groups excluding carboxylic acids is 2. The van der Waals surface area contributed by atoms with Gasteiger partial charge in [0.1, 0.15) is 5.56 Å². The van der Waals surface area contributed by atoms with Crippen molar-refractivity contribution in [1.29, 1.82) is 0 Å². The van der Waals surface area contributed by atoms with Gasteiger partial charge in [-0.2, -0.15) is 18.3 Å². The second-order valence-corrected chi connectivity index (χ2v) is 7.35. The van der Waals surface area contributed by atoms with E-state index >= 15 is 0 Å². The van der Waals surface area contributed by atoms with E-state index in [1.807, 2.05) is 6.92 Å². The van der Waals surface area contributed by atoms with Gasteiger partial charge in [0, 0.05) is 0 Å². The maximum Gasteiger partial charge on any atom is 0.433 e. The van der Waals surface area contributed by atoms with E-state index in [-0.39, 0.29) is 19.2 Å². The van der Waals surface area contributed by atoms with E-state index in [0.29, 0.717) is 32.1 Å². The van der Waals surface area contributed by atoms with E-state index in [9.17, 15) is 22.8 Å². The van der Waals surface area contributed by atoms with Crippen molar-refractivity contribution in [2.24, 2.45) is 5.41 Å². The fourth-order valence-corrected chi connectivity index (χ4v) is 3.45. The molecule has 0 spiro atoms. The largest absolute Gasteiger partial charge is 0.466 e. The quantitative estimate of drug-likeness (QED) is 0.493. The normalized spacial score (nSPS) is 22.7. The fraction of sp³-hybridized carbons (Fsp3) is 0.737. The van der Waals surface area contributed by atoms with Gasteiger partial charge in [-0.25, -0.2) is 4.79 Å². The third-order valence-electron chi connectivity index (χ3n) is 5.19. The Kier molecular flexibility index (Phi) is 7.11. The van der Waals surface area contributed by atoms with Gasteiger partial charge >= 0.3 is 18.1 Å². The van der Waals surface area contributed by atoms with Crippen LogP contribution in [-0.2, 0) is 20.4 Å². The summed E-state index contributed by atoms with van der Waals surface area (Å²) in [5, 5.41) is 3.86. The van der Waals surface area contributed by atoms with Crippen LogP contribution >= 0.6 is 0 Å². The van der Waals surface area contributed by atoms with Crippen molar-refractivity contribution >= 4 is 11.9 Å². The molecule has 0 aliphatic heterocycles. The minimum absolute atomic E-state index is 0.0686. The zero-order valence-corrected chi connectivity index (χ0v) is 16.5. The molecule has 6 nitrogen and oxygen atoms in total. The molecule has 0 aromatic carbocycles. The molecule has 0 N–H and O–H groups in total. The minimum Gasteiger partial charge on any atom is -0.466 e. The van der Waals surface area contributed by atoms with Crippen molar-refractivity contribution in [3.05, 3.63) is 17.5 Å². The number of rotatable bonds is 7. The molecular weight excluding hydrogens is 377 g/mol. The van der Waals surface area contributed by atoms with Gasteiger partial charge < -0.3 is 9.47 Å². The first-order valence-corrected chi connectivity index (χ1v) is 9.63. The highest BCUT2D eigenvalue weighted by atomic mass is 19.4. The standard InChI is InChI=1S/C19H27F3N2O4/c1-4-6-11-28-16(25)14-12-23-24(15(14)19(20,21)22)13-7-9-18(3,10-8-13)17(26)27-5-2/h12-13H,4-11H2,1-3H3/t13-,18-. The van der Waals surface area contributed by atoms with E-state index in [1.165, 1.54) is 0 Å². The Balaban J connectivity index is 2.20. The summed E-state index contributed by atoms with van der Waals surface area (Å²) in [7, 11) is 0. The fourth-order valence-electron chi connectivity index (χ4n) is 3.45. The molecule has 1 heterocycles. The molecule has 0 bridgehead atoms. The highest BCUT2D eigenvalue weighted by Gasteiger charge is 2.45. The summed E-state index contributed by atoms with van der Waals surface area (Å²) < 4.78 is 52.0. The molecule has 1 aromatic rings. The Hall–Kier alpha value is -2.06. The lowest BCUT2D eigenvalue weighted by atomic mass is 9.74. The molecule has 1 aliphatic carbocycles. The molecule has 28 heavy (non-hydrogen) atoms. The van der Waals surface area contributed by atoms with E-state index in [0.717, 1.165) is 17.3 Å². The molecule has 2 rings (SSSR count). The third kappa shape index (κ3) is 4.86. The summed E-state index contributed by atoms with van der Waals surface area (Å²) in [6.45, 7) is 5.71. The Bertz CT molecular complexity index is 692. The lowest BCUT2D eigenvalue weighted by Crippen LogP contribution is -2.36. The van der Waals surface area contributed by atoms with Crippen LogP contribution in [0.2, 0.25) is 0 Å². The smallest absolute Gasteiger partial charge is 0.433 e. The highest BCUT2D eigenvalue weighted by molar-refractivity contribution is 5.90. The zero-order chi connectivity index (χ0) is 20.9. The van der Waals surface area contributed by atoms with Crippen molar-refractivity contribution < 1.29 is 32.2 Å². The van der Waals surface area contributed by atoms with Gasteiger partial charge in [0.25, 0.3) is 0 Å². The topological polar surface area (TPSA) is 70.4 Å². The summed E-state index contributed by atoms with van der Waals surface area (Å²) in [6, 6.07) is -0.545. The van der Waals surface area contributed by atoms with Crippen molar-refractivity contribution in [3.8, 4) is 0 Å². The Morgan fingerprint density at radius 3 is 2.43 bits per heavy atom. The van der Waals surface area contributed by atoms with Gasteiger partial charge in [-0.15, -0.1) is 0 Å². The van der Waals surface area contributed by atoms with Crippen LogP contribution < -0.4 is 0 Å². The highest BCUT2D eigenvalue weighted by Crippen LogP contribution is 2.44. The number of aromatic nitrogens is 2. The first-order valence-electron chi connectivity index (χ1n) is 9.63. The zero-order valence-electron chi connectivity index (χ0n) is 16.5. The van der Waals surface area contributed by atoms with Crippen molar-refractivity contribution in [3.63, 3.8) is 0 Å². The minimum atomic E-state index is -4.74. The first kappa shape index (κ1) is 22.2. The first-order chi connectivity index (χ1) is 13.1. The van der Waals surface area contributed by atoms with Crippen LogP contribution in [0.5, 0.6) is 0 Å². The third-order valence-corrected chi connectivity index (χ3v) is 5.19. The average molecular weight is 404 g/mol. The van der Waals surface area contributed by atoms with E-state index in [4.69, 9.17) is 9.47 Å². The summed E-state index contributed by atoms with van der Waals surface area (Å²) in [6.07, 6.45) is -1.01. The summed E-state index contributed by atoms with van der Waals surface area (Å²) in [4.78, 5) is 24.2. The Morgan fingerprint density at radius 2 is 1.89 bits per heavy atom. The number of nitrogens with zero attached hydrogens (tertiary/aromatic N) is 2. The molecular formula is C19H27F3N2O4. The van der Waals surface area contributed by atoms with Crippen LogP contribution in [0.15, 0.2) is 6.20 Å². The van der Waals surface area contributed by atoms with Crippen molar-refractivity contribution in [2.75, 3.05) is 13.2 Å². The summed E-state index contributed by atoms with van der Waals surface area (Å²) in [5.41, 5.74) is -2.36. The molecule has 1 aliphatic rings. The molecule has 1 saturated carbocycles. The van der Waals surface area contributed by atoms with E-state index in [1.54, 1.807) is 13.8 Å². The number of hydrogen-bond acceptors (Lipinski definition) is 5. The second-order valence-electron chi connectivity index (χ2n) is 7.35. The summed E-state index contributed by atoms with van der Waals surface area (Å²) in [5.74, 6) is -1.34. The van der Waals surface area contributed by atoms with Crippen LogP contribution in [0.4, 0.5) is 13.2 Å². The van der Waals surface area contributed by atoms with Crippen molar-refractivity contribution in [2.45, 2.75) is 71.5 Å². The predicted molar refractivity (Wildman–Crippen MR) is 94.7 cm³/mol. The molecule has 0 saturated heterocycles. The molecule has 0 unspecified atom stereocenters. The van der Waals surface area contributed by atoms with E-state index < -0.39 is 34.9 Å². The monoisotopic (exact) mass is 404 g/mol. The van der Waals surface area contributed by atoms with Gasteiger partial charge in [0.05, 0.1) is 30.9 Å². The number of halogens is 3. The molecule has 9 heteroatoms. The van der Waals surface area contributed by atoms with Crippen LogP contribution in [0.25, 0.3) is 0 Å². The van der Waals surface area contributed by atoms with Crippen LogP contribution in [0.1, 0.15) is 81.4 Å². The Labute approximate surface area is 162 Å². The number of esters is 2. The second kappa shape index (κ2) is 8.96. The van der Waals surface area contributed by atoms with Gasteiger partial charge in [0.2, 0.25) is 0 Å². The Morgan fingerprint density at radius 1 is 1.25 bits per heavy atom. The van der Waals surface area contributed by atoms with Gasteiger partial charge in [0.15, 0.2) is 5.69 Å². The number of carbonyl (C=O) groups is 2. The SMILES string of the molecule is CCCCOC(=O)c1cnn([C@H]2CC[C@](C)(C(=O)OCC)CC2)c1C(F)(F)F. The number of unbranched alkanes of at least 4 members (excludes halogenated alkanes) is 1. The predicted octanol–water partition coefficient (Wildman–Crippen LogP) is 4.54. The van der Waals surface area contributed by atoms with Crippen LogP contribution in [-0.4, -0.2) is 34.9 Å². The van der Waals surface area contributed by atoms with Gasteiger partial charge in [-0.05, 0) is 46.0 Å². The number of alkyl halides is 3. The maximum atomic E-state index is 13.7. The molecule has 1 aromatic heterocycles. The average Bonchev–Trinajstić information content (AvgIpc) is 3.08. The molecule has 158 valence electrons. The van der Waals surface area contributed by atoms with Gasteiger partial charge in [-0.3, -0.25) is 9.48 Å². The van der Waals surface area contributed by atoms with Gasteiger partial charge in [-0.1, -0.05) is 13.3 Å². The number of hydrogen-bond donors (Lipinski definition) is 0. The molecule has 0 atom stereocenters. The number of ether oxygens (including phenoxy) is 2. The molecule has 0 radical (unpaired) electrons. The summed E-state index contributed by atoms with van der Waals surface area (Å²) >= 11 is 0. The molecule has 0 amide bonds. The van der Waals surface area contributed by atoms with Crippen LogP contribution in [0.3, 0.4) is 0 Å². The van der Waals surface area contributed by atoms with Crippen molar-refractivity contribution in [1.82, 2.24) is 9.78 Å². The van der Waals surface area contributed by atoms with Crippen LogP contribution in [0, 0.1) is 5.41 Å². The lowest BCUT2D eigenvalue weighted by molar-refractivity contribution is -0.157. The van der Waals surface area contributed by atoms with E-state index in [2.05, 4.69) is 5.10 Å². The molecule has 1 fully saturated rings.